The second-order valence-electron chi connectivity index (χ2n) is 12.1. The first-order chi connectivity index (χ1) is 18.9. The molecule has 0 aliphatic heterocycles. The van der Waals surface area contributed by atoms with Crippen LogP contribution in [0, 0.1) is 5.92 Å². The highest BCUT2D eigenvalue weighted by Gasteiger charge is 2.48. The van der Waals surface area contributed by atoms with E-state index in [9.17, 15) is 18.0 Å². The Morgan fingerprint density at radius 3 is 2.52 bits per heavy atom. The maximum atomic E-state index is 14.2. The minimum Gasteiger partial charge on any atom is -0.320 e. The number of pyridine rings is 1. The van der Waals surface area contributed by atoms with E-state index in [0.717, 1.165) is 54.0 Å². The molecule has 7 nitrogen and oxygen atoms in total. The standard InChI is InChI=1S/C30H33F3N6O/c1-18-13-29(14-18,27-37-35-17-38(27)4)22-8-5-7-20(11-22)23-15-34-25-24(30(31,32)33)12-21(16-39(25)26(23)40)19(2)36-28(3)9-6-10-28/h5,7-8,11-12,15-19,36H,6,9-10,13-14H2,1-4H3/t18-,19?,29+. The van der Waals surface area contributed by atoms with E-state index in [1.54, 1.807) is 12.4 Å². The van der Waals surface area contributed by atoms with Gasteiger partial charge in [0, 0.05) is 31.0 Å². The predicted octanol–water partition coefficient (Wildman–Crippen LogP) is 5.82. The van der Waals surface area contributed by atoms with Crippen LogP contribution in [0.3, 0.4) is 0 Å². The Balaban J connectivity index is 1.47. The number of halogens is 3. The summed E-state index contributed by atoms with van der Waals surface area (Å²) in [5.41, 5.74) is -0.0500. The minimum absolute atomic E-state index is 0.115. The summed E-state index contributed by atoms with van der Waals surface area (Å²) in [5.74, 6) is 1.36. The average molecular weight is 551 g/mol. The van der Waals surface area contributed by atoms with E-state index in [4.69, 9.17) is 0 Å². The molecule has 2 aliphatic carbocycles. The number of nitrogens with one attached hydrogen (secondary N) is 1. The van der Waals surface area contributed by atoms with Crippen molar-refractivity contribution in [3.05, 3.63) is 81.9 Å². The summed E-state index contributed by atoms with van der Waals surface area (Å²) in [4.78, 5) is 18.0. The molecule has 40 heavy (non-hydrogen) atoms. The van der Waals surface area contributed by atoms with Gasteiger partial charge in [-0.15, -0.1) is 10.2 Å². The maximum absolute atomic E-state index is 14.2. The molecular weight excluding hydrogens is 517 g/mol. The smallest absolute Gasteiger partial charge is 0.320 e. The normalized spacial score (nSPS) is 23.0. The number of alkyl halides is 3. The number of aryl methyl sites for hydroxylation is 1. The Labute approximate surface area is 230 Å². The van der Waals surface area contributed by atoms with Crippen LogP contribution in [0.4, 0.5) is 13.2 Å². The van der Waals surface area contributed by atoms with Crippen molar-refractivity contribution >= 4 is 5.65 Å². The fourth-order valence-electron chi connectivity index (χ4n) is 6.68. The molecular formula is C30H33F3N6O. The van der Waals surface area contributed by atoms with Gasteiger partial charge in [-0.2, -0.15) is 13.2 Å². The van der Waals surface area contributed by atoms with E-state index in [2.05, 4.69) is 34.3 Å². The fraction of sp³-hybridized carbons (Fsp3) is 0.467. The molecule has 210 valence electrons. The molecule has 1 N–H and O–H groups in total. The highest BCUT2D eigenvalue weighted by Crippen LogP contribution is 2.51. The number of fused-ring (bicyclic) bond motifs is 1. The van der Waals surface area contributed by atoms with Gasteiger partial charge >= 0.3 is 6.18 Å². The van der Waals surface area contributed by atoms with Gasteiger partial charge in [-0.25, -0.2) is 4.98 Å². The Kier molecular flexibility index (Phi) is 6.18. The van der Waals surface area contributed by atoms with Gasteiger partial charge in [-0.3, -0.25) is 9.20 Å². The van der Waals surface area contributed by atoms with Crippen LogP contribution >= 0.6 is 0 Å². The molecule has 0 amide bonds. The molecule has 2 saturated carbocycles. The summed E-state index contributed by atoms with van der Waals surface area (Å²) in [5, 5.41) is 11.9. The van der Waals surface area contributed by atoms with Crippen LogP contribution in [0.25, 0.3) is 16.8 Å². The highest BCUT2D eigenvalue weighted by molar-refractivity contribution is 5.66. The van der Waals surface area contributed by atoms with Gasteiger partial charge in [0.15, 0.2) is 5.65 Å². The number of nitrogens with zero attached hydrogens (tertiary/aromatic N) is 5. The number of hydrogen-bond acceptors (Lipinski definition) is 5. The lowest BCUT2D eigenvalue weighted by Crippen LogP contribution is -2.49. The topological polar surface area (TPSA) is 77.1 Å². The quantitative estimate of drug-likeness (QED) is 0.328. The highest BCUT2D eigenvalue weighted by atomic mass is 19.4. The summed E-state index contributed by atoms with van der Waals surface area (Å²) in [6, 6.07) is 8.39. The lowest BCUT2D eigenvalue weighted by atomic mass is 9.58. The third-order valence-corrected chi connectivity index (χ3v) is 8.91. The molecule has 10 heteroatoms. The van der Waals surface area contributed by atoms with E-state index in [1.807, 2.05) is 36.7 Å². The van der Waals surface area contributed by atoms with Crippen molar-refractivity contribution in [3.63, 3.8) is 0 Å². The van der Waals surface area contributed by atoms with Crippen molar-refractivity contribution in [1.82, 2.24) is 29.5 Å². The van der Waals surface area contributed by atoms with Crippen molar-refractivity contribution in [1.29, 1.82) is 0 Å². The van der Waals surface area contributed by atoms with Gasteiger partial charge in [0.2, 0.25) is 0 Å². The summed E-state index contributed by atoms with van der Waals surface area (Å²) in [7, 11) is 1.92. The first-order valence-corrected chi connectivity index (χ1v) is 13.8. The molecule has 0 radical (unpaired) electrons. The zero-order valence-corrected chi connectivity index (χ0v) is 23.1. The fourth-order valence-corrected chi connectivity index (χ4v) is 6.68. The summed E-state index contributed by atoms with van der Waals surface area (Å²) in [6.07, 6.45) is 4.58. The zero-order chi connectivity index (χ0) is 28.4. The summed E-state index contributed by atoms with van der Waals surface area (Å²) in [6.45, 7) is 6.10. The Bertz CT molecular complexity index is 1650. The molecule has 0 spiro atoms. The number of hydrogen-bond donors (Lipinski definition) is 1. The van der Waals surface area contributed by atoms with Gasteiger partial charge in [0.05, 0.1) is 16.5 Å². The van der Waals surface area contributed by atoms with Crippen molar-refractivity contribution < 1.29 is 13.2 Å². The van der Waals surface area contributed by atoms with Gasteiger partial charge in [-0.1, -0.05) is 25.1 Å². The van der Waals surface area contributed by atoms with Gasteiger partial charge in [0.25, 0.3) is 5.56 Å². The van der Waals surface area contributed by atoms with Crippen LogP contribution in [0.2, 0.25) is 0 Å². The van der Waals surface area contributed by atoms with Crippen molar-refractivity contribution in [3.8, 4) is 11.1 Å². The molecule has 2 aliphatic rings. The van der Waals surface area contributed by atoms with E-state index in [1.165, 1.54) is 12.4 Å². The molecule has 3 heterocycles. The molecule has 1 atom stereocenters. The van der Waals surface area contributed by atoms with E-state index in [-0.39, 0.29) is 22.6 Å². The molecule has 6 rings (SSSR count). The van der Waals surface area contributed by atoms with Gasteiger partial charge < -0.3 is 9.88 Å². The maximum Gasteiger partial charge on any atom is 0.419 e. The van der Waals surface area contributed by atoms with Gasteiger partial charge in [-0.05, 0) is 80.7 Å². The molecule has 4 aromatic rings. The van der Waals surface area contributed by atoms with Crippen molar-refractivity contribution in [2.75, 3.05) is 0 Å². The van der Waals surface area contributed by atoms with E-state index in [0.29, 0.717) is 17.0 Å². The van der Waals surface area contributed by atoms with Crippen LogP contribution in [-0.4, -0.2) is 29.7 Å². The largest absolute Gasteiger partial charge is 0.419 e. The third-order valence-electron chi connectivity index (χ3n) is 8.91. The lowest BCUT2D eigenvalue weighted by Gasteiger charge is -2.46. The zero-order valence-electron chi connectivity index (χ0n) is 23.1. The molecule has 0 saturated heterocycles. The average Bonchev–Trinajstić information content (AvgIpc) is 3.30. The molecule has 1 aromatic carbocycles. The molecule has 3 aromatic heterocycles. The number of rotatable bonds is 6. The minimum atomic E-state index is -4.66. The first-order valence-electron chi connectivity index (χ1n) is 13.8. The molecule has 1 unspecified atom stereocenters. The monoisotopic (exact) mass is 550 g/mol. The summed E-state index contributed by atoms with van der Waals surface area (Å²) < 4.78 is 45.5. The van der Waals surface area contributed by atoms with E-state index < -0.39 is 22.9 Å². The Hall–Kier alpha value is -3.53. The third kappa shape index (κ3) is 4.33. The van der Waals surface area contributed by atoms with Crippen LogP contribution < -0.4 is 10.9 Å². The number of aromatic nitrogens is 5. The molecule has 0 bridgehead atoms. The second kappa shape index (κ2) is 9.26. The Morgan fingerprint density at radius 2 is 1.93 bits per heavy atom. The predicted molar refractivity (Wildman–Crippen MR) is 146 cm³/mol. The SMILES string of the molecule is CC(NC1(C)CCC1)c1cc(C(F)(F)F)c2ncc(-c3cccc([C@]4(c5nncn5C)C[C@@H](C)C4)c3)c(=O)n2c1. The van der Waals surface area contributed by atoms with Crippen molar-refractivity contribution in [2.45, 2.75) is 76.0 Å². The summed E-state index contributed by atoms with van der Waals surface area (Å²) >= 11 is 0. The number of benzene rings is 1. The second-order valence-corrected chi connectivity index (χ2v) is 12.1. The lowest BCUT2D eigenvalue weighted by molar-refractivity contribution is -0.136. The van der Waals surface area contributed by atoms with Gasteiger partial charge in [0.1, 0.15) is 12.2 Å². The molecule has 2 fully saturated rings. The Morgan fingerprint density at radius 1 is 1.18 bits per heavy atom. The van der Waals surface area contributed by atoms with E-state index >= 15 is 0 Å². The first kappa shape index (κ1) is 26.7. The van der Waals surface area contributed by atoms with Crippen LogP contribution in [0.15, 0.2) is 53.8 Å². The van der Waals surface area contributed by atoms with Crippen LogP contribution in [0.5, 0.6) is 0 Å². The van der Waals surface area contributed by atoms with Crippen LogP contribution in [0.1, 0.15) is 81.4 Å². The van der Waals surface area contributed by atoms with Crippen molar-refractivity contribution in [2.24, 2.45) is 13.0 Å². The van der Waals surface area contributed by atoms with Crippen LogP contribution in [-0.2, 0) is 18.6 Å².